The number of imide groups is 1. The number of Topliss-reactive ketones (excluding diaryl/α,β-unsaturated/α-hetero) is 1. The van der Waals surface area contributed by atoms with Crippen molar-refractivity contribution in [2.45, 2.75) is 77.3 Å². The van der Waals surface area contributed by atoms with Gasteiger partial charge in [0, 0.05) is 29.7 Å². The number of nitrogens with zero attached hydrogens (tertiary/aromatic N) is 1. The first kappa shape index (κ1) is 32.2. The van der Waals surface area contributed by atoms with Gasteiger partial charge in [-0.2, -0.15) is 0 Å². The summed E-state index contributed by atoms with van der Waals surface area (Å²) in [7, 11) is 0. The molecule has 10 heteroatoms. The molecular weight excluding hydrogens is 592 g/mol. The number of hydrogen-bond donors (Lipinski definition) is 1. The SMILES string of the molecule is CCOC(=O)[C@H](CSC1CC(=O)N(Cc2ccc(-c3c4c(cc5ccc(C)cc35)CCC4=O)cc2)C1=O)NC(=O)OC(C)(C)C. The van der Waals surface area contributed by atoms with Crippen LogP contribution >= 0.6 is 11.8 Å². The normalized spacial score (nSPS) is 17.0. The molecule has 1 aliphatic heterocycles. The first-order chi connectivity index (χ1) is 21.3. The molecule has 3 aromatic carbocycles. The van der Waals surface area contributed by atoms with Crippen LogP contribution < -0.4 is 5.32 Å². The van der Waals surface area contributed by atoms with Crippen LogP contribution in [0.25, 0.3) is 21.9 Å². The Kier molecular flexibility index (Phi) is 9.34. The molecule has 1 aliphatic carbocycles. The van der Waals surface area contributed by atoms with Crippen LogP contribution in [0.15, 0.2) is 48.5 Å². The lowest BCUT2D eigenvalue weighted by atomic mass is 9.89. The summed E-state index contributed by atoms with van der Waals surface area (Å²) in [6.07, 6.45) is 0.464. The third kappa shape index (κ3) is 7.22. The Morgan fingerprint density at radius 1 is 1.02 bits per heavy atom. The number of hydrogen-bond acceptors (Lipinski definition) is 8. The topological polar surface area (TPSA) is 119 Å². The van der Waals surface area contributed by atoms with Crippen LogP contribution in [0, 0.1) is 6.92 Å². The van der Waals surface area contributed by atoms with E-state index < -0.39 is 29.0 Å². The number of carbonyl (C=O) groups excluding carboxylic acids is 5. The first-order valence-electron chi connectivity index (χ1n) is 15.2. The largest absolute Gasteiger partial charge is 0.464 e. The van der Waals surface area contributed by atoms with E-state index in [0.717, 1.165) is 62.3 Å². The molecule has 3 aromatic rings. The van der Waals surface area contributed by atoms with Crippen LogP contribution in [0.5, 0.6) is 0 Å². The van der Waals surface area contributed by atoms with E-state index in [1.165, 1.54) is 4.90 Å². The minimum atomic E-state index is -1.04. The number of ether oxygens (including phenoxy) is 2. The Bertz CT molecular complexity index is 1680. The summed E-state index contributed by atoms with van der Waals surface area (Å²) < 4.78 is 10.4. The highest BCUT2D eigenvalue weighted by Gasteiger charge is 2.40. The van der Waals surface area contributed by atoms with Crippen LogP contribution in [-0.4, -0.2) is 63.8 Å². The van der Waals surface area contributed by atoms with Crippen molar-refractivity contribution in [3.05, 3.63) is 70.8 Å². The fourth-order valence-corrected chi connectivity index (χ4v) is 6.91. The van der Waals surface area contributed by atoms with Gasteiger partial charge in [-0.05, 0) is 68.5 Å². The molecule has 0 radical (unpaired) electrons. The van der Waals surface area contributed by atoms with E-state index in [0.29, 0.717) is 6.42 Å². The first-order valence-corrected chi connectivity index (χ1v) is 16.2. The molecule has 1 N–H and O–H groups in total. The summed E-state index contributed by atoms with van der Waals surface area (Å²) in [4.78, 5) is 65.2. The fraction of sp³-hybridized carbons (Fsp3) is 0.400. The van der Waals surface area contributed by atoms with Crippen LogP contribution in [0.2, 0.25) is 0 Å². The van der Waals surface area contributed by atoms with Gasteiger partial charge in [0.15, 0.2) is 5.78 Å². The van der Waals surface area contributed by atoms with Crippen molar-refractivity contribution in [2.75, 3.05) is 12.4 Å². The lowest BCUT2D eigenvalue weighted by Gasteiger charge is -2.23. The number of alkyl carbamates (subject to hydrolysis) is 1. The molecule has 1 unspecified atom stereocenters. The highest BCUT2D eigenvalue weighted by molar-refractivity contribution is 8.00. The van der Waals surface area contributed by atoms with E-state index in [9.17, 15) is 24.0 Å². The molecule has 236 valence electrons. The van der Waals surface area contributed by atoms with E-state index >= 15 is 0 Å². The van der Waals surface area contributed by atoms with Crippen molar-refractivity contribution >= 4 is 52.2 Å². The number of aryl methyl sites for hydroxylation is 2. The highest BCUT2D eigenvalue weighted by Crippen LogP contribution is 2.39. The van der Waals surface area contributed by atoms with Crippen molar-refractivity contribution in [1.29, 1.82) is 0 Å². The van der Waals surface area contributed by atoms with E-state index in [2.05, 4.69) is 29.6 Å². The number of likely N-dealkylation sites (tertiary alicyclic amines) is 1. The van der Waals surface area contributed by atoms with Gasteiger partial charge in [-0.15, -0.1) is 11.8 Å². The molecule has 1 fully saturated rings. The third-order valence-electron chi connectivity index (χ3n) is 7.79. The summed E-state index contributed by atoms with van der Waals surface area (Å²) in [5.74, 6) is -1.10. The zero-order valence-corrected chi connectivity index (χ0v) is 27.0. The molecule has 3 amide bonds. The Morgan fingerprint density at radius 3 is 2.44 bits per heavy atom. The predicted octanol–water partition coefficient (Wildman–Crippen LogP) is 5.76. The molecule has 1 saturated heterocycles. The number of amides is 3. The van der Waals surface area contributed by atoms with Gasteiger partial charge < -0.3 is 14.8 Å². The van der Waals surface area contributed by atoms with E-state index in [1.54, 1.807) is 27.7 Å². The summed E-state index contributed by atoms with van der Waals surface area (Å²) >= 11 is 1.13. The van der Waals surface area contributed by atoms with Gasteiger partial charge in [0.05, 0.1) is 18.4 Å². The molecular formula is C35H38N2O7S. The maximum Gasteiger partial charge on any atom is 0.408 e. The van der Waals surface area contributed by atoms with Crippen molar-refractivity contribution < 1.29 is 33.4 Å². The summed E-state index contributed by atoms with van der Waals surface area (Å²) in [6.45, 7) is 9.06. The maximum atomic E-state index is 13.3. The predicted molar refractivity (Wildman–Crippen MR) is 173 cm³/mol. The molecule has 9 nitrogen and oxygen atoms in total. The minimum absolute atomic E-state index is 0.00678. The van der Waals surface area contributed by atoms with E-state index in [-0.39, 0.29) is 42.9 Å². The summed E-state index contributed by atoms with van der Waals surface area (Å²) in [5, 5.41) is 3.96. The van der Waals surface area contributed by atoms with Crippen molar-refractivity contribution in [1.82, 2.24) is 10.2 Å². The van der Waals surface area contributed by atoms with Gasteiger partial charge >= 0.3 is 12.1 Å². The number of benzene rings is 3. The number of esters is 1. The van der Waals surface area contributed by atoms with Gasteiger partial charge in [-0.3, -0.25) is 19.3 Å². The number of rotatable bonds is 9. The summed E-state index contributed by atoms with van der Waals surface area (Å²) in [6, 6.07) is 15.0. The Morgan fingerprint density at radius 2 is 1.76 bits per heavy atom. The smallest absolute Gasteiger partial charge is 0.408 e. The number of thioether (sulfide) groups is 1. The third-order valence-corrected chi connectivity index (χ3v) is 9.09. The van der Waals surface area contributed by atoms with Crippen molar-refractivity contribution in [3.63, 3.8) is 0 Å². The second-order valence-corrected chi connectivity index (χ2v) is 13.7. The number of carbonyl (C=O) groups is 5. The number of ketones is 1. The van der Waals surface area contributed by atoms with E-state index in [1.807, 2.05) is 31.2 Å². The zero-order chi connectivity index (χ0) is 32.5. The van der Waals surface area contributed by atoms with Gasteiger partial charge in [0.2, 0.25) is 11.8 Å². The van der Waals surface area contributed by atoms with Gasteiger partial charge in [0.25, 0.3) is 0 Å². The molecule has 2 atom stereocenters. The lowest BCUT2D eigenvalue weighted by Crippen LogP contribution is -2.46. The van der Waals surface area contributed by atoms with Gasteiger partial charge in [-0.25, -0.2) is 9.59 Å². The molecule has 0 spiro atoms. The molecule has 45 heavy (non-hydrogen) atoms. The second kappa shape index (κ2) is 13.0. The average Bonchev–Trinajstić information content (AvgIpc) is 3.47. The van der Waals surface area contributed by atoms with Crippen LogP contribution in [-0.2, 0) is 36.8 Å². The minimum Gasteiger partial charge on any atom is -0.464 e. The molecule has 1 heterocycles. The van der Waals surface area contributed by atoms with Crippen molar-refractivity contribution in [2.24, 2.45) is 0 Å². The highest BCUT2D eigenvalue weighted by atomic mass is 32.2. The quantitative estimate of drug-likeness (QED) is 0.234. The van der Waals surface area contributed by atoms with Crippen LogP contribution in [0.1, 0.15) is 67.6 Å². The number of nitrogens with one attached hydrogen (secondary N) is 1. The van der Waals surface area contributed by atoms with Crippen molar-refractivity contribution in [3.8, 4) is 11.1 Å². The Hall–Kier alpha value is -4.18. The molecule has 2 aliphatic rings. The fourth-order valence-electron chi connectivity index (χ4n) is 5.74. The van der Waals surface area contributed by atoms with Crippen LogP contribution in [0.4, 0.5) is 4.79 Å². The summed E-state index contributed by atoms with van der Waals surface area (Å²) in [5.41, 5.74) is 4.83. The standard InChI is InChI=1S/C35H38N2O7S/c1-6-43-33(41)26(36-34(42)44-35(3,4)5)19-45-28-17-29(39)37(32(28)40)18-21-8-11-22(12-9-21)30-25-15-20(2)7-10-23(25)16-24-13-14-27(38)31(24)30/h7-12,15-16,26,28H,6,13-14,17-19H2,1-5H3,(H,36,42)/t26-,28?/m0/s1. The van der Waals surface area contributed by atoms with Gasteiger partial charge in [-0.1, -0.05) is 54.1 Å². The monoisotopic (exact) mass is 630 g/mol. The molecule has 0 aromatic heterocycles. The molecule has 0 saturated carbocycles. The van der Waals surface area contributed by atoms with Gasteiger partial charge in [0.1, 0.15) is 11.6 Å². The number of fused-ring (bicyclic) bond motifs is 2. The maximum absolute atomic E-state index is 13.3. The van der Waals surface area contributed by atoms with Crippen LogP contribution in [0.3, 0.4) is 0 Å². The average molecular weight is 631 g/mol. The second-order valence-electron chi connectivity index (χ2n) is 12.4. The Labute approximate surface area is 267 Å². The van der Waals surface area contributed by atoms with E-state index in [4.69, 9.17) is 9.47 Å². The lowest BCUT2D eigenvalue weighted by molar-refractivity contribution is -0.145. The Balaban J connectivity index is 1.29. The molecule has 5 rings (SSSR count). The zero-order valence-electron chi connectivity index (χ0n) is 26.2. The molecule has 0 bridgehead atoms.